The van der Waals surface area contributed by atoms with Gasteiger partial charge < -0.3 is 0 Å². The molecule has 8 nitrogen and oxygen atoms in total. The zero-order chi connectivity index (χ0) is 28.9. The summed E-state index contributed by atoms with van der Waals surface area (Å²) >= 11 is 0. The highest BCUT2D eigenvalue weighted by molar-refractivity contribution is 7.90. The first-order valence-electron chi connectivity index (χ1n) is 13.4. The van der Waals surface area contributed by atoms with E-state index in [9.17, 15) is 18.0 Å². The average molecular weight is 561 g/mol. The van der Waals surface area contributed by atoms with Gasteiger partial charge in [-0.15, -0.1) is 0 Å². The summed E-state index contributed by atoms with van der Waals surface area (Å²) < 4.78 is 30.7. The molecule has 1 aromatic heterocycles. The van der Waals surface area contributed by atoms with Crippen molar-refractivity contribution in [3.05, 3.63) is 117 Å². The molecule has 0 bridgehead atoms. The lowest BCUT2D eigenvalue weighted by atomic mass is 9.83. The van der Waals surface area contributed by atoms with Crippen molar-refractivity contribution in [2.24, 2.45) is 0 Å². The first-order valence-corrected chi connectivity index (χ1v) is 14.9. The quantitative estimate of drug-likeness (QED) is 0.293. The Morgan fingerprint density at radius 1 is 0.900 bits per heavy atom. The predicted molar refractivity (Wildman–Crippen MR) is 156 cm³/mol. The Kier molecular flexibility index (Phi) is 8.73. The number of rotatable bonds is 11. The number of carbonyl (C=O) groups excluding carboxylic acids is 1. The summed E-state index contributed by atoms with van der Waals surface area (Å²) in [4.78, 5) is 25.9. The van der Waals surface area contributed by atoms with Crippen LogP contribution in [0.5, 0.6) is 0 Å². The minimum absolute atomic E-state index is 0.0444. The monoisotopic (exact) mass is 560 g/mol. The molecule has 1 heterocycles. The largest absolute Gasteiger partial charge is 0.346 e. The molecule has 4 rings (SSSR count). The number of hydrogen-bond acceptors (Lipinski definition) is 5. The van der Waals surface area contributed by atoms with Gasteiger partial charge in [0.2, 0.25) is 5.91 Å². The van der Waals surface area contributed by atoms with Crippen LogP contribution in [0.15, 0.2) is 88.6 Å². The van der Waals surface area contributed by atoms with Gasteiger partial charge in [0.05, 0.1) is 16.9 Å². The van der Waals surface area contributed by atoms with E-state index in [-0.39, 0.29) is 10.6 Å². The maximum atomic E-state index is 13.0. The zero-order valence-corrected chi connectivity index (χ0v) is 24.2. The lowest BCUT2D eigenvalue weighted by Crippen LogP contribution is -2.43. The van der Waals surface area contributed by atoms with Crippen molar-refractivity contribution >= 4 is 15.9 Å². The number of carbonyl (C=O) groups is 1. The molecule has 0 aliphatic rings. The molecule has 0 saturated carbocycles. The standard InChI is InChI=1S/C31H36N4O4S/c1-5-34-28(32-35(30(34)37)22-25-16-14-23(2)15-17-25)13-9-10-24-18-20-26(21-19-24)31(3,4)29(36)33-40(38,39)27-11-7-6-8-12-27/h6-8,11-12,14-21H,5,9-10,13,22H2,1-4H3,(H,33,36). The number of amides is 1. The normalized spacial score (nSPS) is 11.9. The van der Waals surface area contributed by atoms with Gasteiger partial charge in [0.15, 0.2) is 0 Å². The fraction of sp³-hybridized carbons (Fsp3) is 0.323. The van der Waals surface area contributed by atoms with Crippen LogP contribution in [0.3, 0.4) is 0 Å². The van der Waals surface area contributed by atoms with Crippen LogP contribution < -0.4 is 10.4 Å². The molecule has 0 saturated heterocycles. The van der Waals surface area contributed by atoms with Crippen molar-refractivity contribution in [2.75, 3.05) is 0 Å². The minimum atomic E-state index is -3.96. The van der Waals surface area contributed by atoms with Crippen molar-refractivity contribution in [3.8, 4) is 0 Å². The molecule has 1 amide bonds. The molecule has 40 heavy (non-hydrogen) atoms. The fourth-order valence-electron chi connectivity index (χ4n) is 4.54. The molecule has 0 unspecified atom stereocenters. The fourth-order valence-corrected chi connectivity index (χ4v) is 5.67. The Morgan fingerprint density at radius 3 is 2.15 bits per heavy atom. The van der Waals surface area contributed by atoms with Crippen LogP contribution in [0, 0.1) is 6.92 Å². The van der Waals surface area contributed by atoms with Crippen molar-refractivity contribution in [2.45, 2.75) is 70.4 Å². The van der Waals surface area contributed by atoms with Gasteiger partial charge in [0.1, 0.15) is 5.82 Å². The smallest absolute Gasteiger partial charge is 0.279 e. The molecule has 0 spiro atoms. The van der Waals surface area contributed by atoms with Crippen LogP contribution in [-0.2, 0) is 46.2 Å². The van der Waals surface area contributed by atoms with Crippen LogP contribution >= 0.6 is 0 Å². The van der Waals surface area contributed by atoms with Gasteiger partial charge in [0.25, 0.3) is 10.0 Å². The number of sulfonamides is 1. The van der Waals surface area contributed by atoms with Gasteiger partial charge in [-0.3, -0.25) is 9.36 Å². The summed E-state index contributed by atoms with van der Waals surface area (Å²) in [6.45, 7) is 8.39. The molecular formula is C31H36N4O4S. The molecule has 210 valence electrons. The van der Waals surface area contributed by atoms with Crippen LogP contribution in [0.25, 0.3) is 0 Å². The molecule has 0 aliphatic heterocycles. The molecule has 0 radical (unpaired) electrons. The van der Waals surface area contributed by atoms with Gasteiger partial charge in [-0.2, -0.15) is 5.10 Å². The maximum Gasteiger partial charge on any atom is 0.346 e. The Bertz CT molecular complexity index is 1620. The van der Waals surface area contributed by atoms with Crippen molar-refractivity contribution in [3.63, 3.8) is 0 Å². The number of aromatic nitrogens is 3. The summed E-state index contributed by atoms with van der Waals surface area (Å²) in [6.07, 6.45) is 2.24. The lowest BCUT2D eigenvalue weighted by Gasteiger charge is -2.24. The summed E-state index contributed by atoms with van der Waals surface area (Å²) in [7, 11) is -3.96. The van der Waals surface area contributed by atoms with E-state index in [2.05, 4.69) is 9.82 Å². The first kappa shape index (κ1) is 29.0. The van der Waals surface area contributed by atoms with E-state index in [0.29, 0.717) is 25.1 Å². The molecule has 4 aromatic rings. The third kappa shape index (κ3) is 6.59. The van der Waals surface area contributed by atoms with E-state index in [0.717, 1.165) is 29.8 Å². The van der Waals surface area contributed by atoms with E-state index in [1.54, 1.807) is 36.6 Å². The van der Waals surface area contributed by atoms with Gasteiger partial charge in [-0.25, -0.2) is 22.6 Å². The molecule has 0 aliphatic carbocycles. The van der Waals surface area contributed by atoms with Crippen molar-refractivity contribution in [1.82, 2.24) is 19.1 Å². The molecule has 9 heteroatoms. The van der Waals surface area contributed by atoms with E-state index in [4.69, 9.17) is 0 Å². The van der Waals surface area contributed by atoms with E-state index >= 15 is 0 Å². The van der Waals surface area contributed by atoms with Gasteiger partial charge in [-0.1, -0.05) is 72.3 Å². The highest BCUT2D eigenvalue weighted by Crippen LogP contribution is 2.25. The van der Waals surface area contributed by atoms with Crippen LogP contribution in [-0.4, -0.2) is 28.7 Å². The van der Waals surface area contributed by atoms with Crippen LogP contribution in [0.4, 0.5) is 0 Å². The molecule has 0 atom stereocenters. The maximum absolute atomic E-state index is 13.0. The Morgan fingerprint density at radius 2 is 1.52 bits per heavy atom. The number of nitrogens with zero attached hydrogens (tertiary/aromatic N) is 3. The number of hydrogen-bond donors (Lipinski definition) is 1. The number of nitrogens with one attached hydrogen (secondary N) is 1. The van der Waals surface area contributed by atoms with E-state index in [1.807, 2.05) is 62.4 Å². The Hall–Kier alpha value is -3.98. The topological polar surface area (TPSA) is 103 Å². The lowest BCUT2D eigenvalue weighted by molar-refractivity contribution is -0.123. The van der Waals surface area contributed by atoms with Gasteiger partial charge in [-0.05, 0) is 69.4 Å². The van der Waals surface area contributed by atoms with Gasteiger partial charge >= 0.3 is 5.69 Å². The second kappa shape index (κ2) is 12.0. The average Bonchev–Trinajstić information content (AvgIpc) is 3.24. The third-order valence-electron chi connectivity index (χ3n) is 7.16. The van der Waals surface area contributed by atoms with Crippen LogP contribution in [0.1, 0.15) is 55.3 Å². The molecule has 1 N–H and O–H groups in total. The Balaban J connectivity index is 1.38. The van der Waals surface area contributed by atoms with Crippen LogP contribution in [0.2, 0.25) is 0 Å². The zero-order valence-electron chi connectivity index (χ0n) is 23.4. The predicted octanol–water partition coefficient (Wildman–Crippen LogP) is 4.38. The van der Waals surface area contributed by atoms with E-state index in [1.165, 1.54) is 22.4 Å². The highest BCUT2D eigenvalue weighted by Gasteiger charge is 2.33. The highest BCUT2D eigenvalue weighted by atomic mass is 32.2. The number of benzene rings is 3. The summed E-state index contributed by atoms with van der Waals surface area (Å²) in [5, 5.41) is 4.62. The molecule has 3 aromatic carbocycles. The molecule has 0 fully saturated rings. The minimum Gasteiger partial charge on any atom is -0.279 e. The SMILES string of the molecule is CCn1c(CCCc2ccc(C(C)(C)C(=O)NS(=O)(=O)c3ccccc3)cc2)nn(Cc2ccc(C)cc2)c1=O. The first-order chi connectivity index (χ1) is 19.0. The second-order valence-corrected chi connectivity index (χ2v) is 12.2. The summed E-state index contributed by atoms with van der Waals surface area (Å²) in [6, 6.07) is 23.6. The van der Waals surface area contributed by atoms with E-state index < -0.39 is 21.3 Å². The molecular weight excluding hydrogens is 524 g/mol. The second-order valence-electron chi connectivity index (χ2n) is 10.5. The summed E-state index contributed by atoms with van der Waals surface area (Å²) in [5.74, 6) is 0.177. The van der Waals surface area contributed by atoms with Gasteiger partial charge in [0, 0.05) is 13.0 Å². The number of aryl methyl sites for hydroxylation is 3. The Labute approximate surface area is 235 Å². The van der Waals surface area contributed by atoms with Crippen molar-refractivity contribution in [1.29, 1.82) is 0 Å². The van der Waals surface area contributed by atoms with Crippen molar-refractivity contribution < 1.29 is 13.2 Å². The summed E-state index contributed by atoms with van der Waals surface area (Å²) in [5.41, 5.74) is 2.85. The third-order valence-corrected chi connectivity index (χ3v) is 8.51.